The third-order valence-electron chi connectivity index (χ3n) is 5.20. The van der Waals surface area contributed by atoms with Crippen LogP contribution < -0.4 is 15.5 Å². The second kappa shape index (κ2) is 10.4. The van der Waals surface area contributed by atoms with Crippen LogP contribution >= 0.6 is 27.3 Å². The Balaban J connectivity index is 1.61. The van der Waals surface area contributed by atoms with E-state index >= 15 is 0 Å². The molecule has 9 heteroatoms. The van der Waals surface area contributed by atoms with E-state index in [1.807, 2.05) is 6.92 Å². The number of likely N-dealkylation sites (N-methyl/N-ethyl adjacent to an activating group) is 1. The lowest BCUT2D eigenvalue weighted by molar-refractivity contribution is -0.120. The number of carbonyl (C=O) groups excluding carboxylic acids is 2. The Morgan fingerprint density at radius 3 is 2.57 bits per heavy atom. The standard InChI is InChI=1S/C21H26BrFN4O2S/c1-3-26-8-10-27(11-9-26)17-5-4-15(23)12-16(17)14(2)25-20(28)13-24-21(29)18-6-7-19(22)30-18/h4-7,12,14H,3,8-11,13H2,1-2H3,(H,24,29)(H,25,28). The van der Waals surface area contributed by atoms with Gasteiger partial charge in [-0.2, -0.15) is 0 Å². The van der Waals surface area contributed by atoms with Gasteiger partial charge in [-0.1, -0.05) is 6.92 Å². The fourth-order valence-corrected chi connectivity index (χ4v) is 4.82. The zero-order valence-electron chi connectivity index (χ0n) is 17.1. The third-order valence-corrected chi connectivity index (χ3v) is 6.82. The Morgan fingerprint density at radius 2 is 1.93 bits per heavy atom. The Kier molecular flexibility index (Phi) is 7.85. The van der Waals surface area contributed by atoms with Crippen molar-refractivity contribution in [3.05, 3.63) is 50.4 Å². The maximum atomic E-state index is 14.0. The number of rotatable bonds is 7. The van der Waals surface area contributed by atoms with E-state index in [1.54, 1.807) is 18.2 Å². The van der Waals surface area contributed by atoms with Crippen LogP contribution in [0.1, 0.15) is 35.1 Å². The molecule has 1 unspecified atom stereocenters. The lowest BCUT2D eigenvalue weighted by Crippen LogP contribution is -2.46. The van der Waals surface area contributed by atoms with Gasteiger partial charge in [-0.3, -0.25) is 9.59 Å². The zero-order valence-corrected chi connectivity index (χ0v) is 19.5. The first-order chi connectivity index (χ1) is 14.4. The van der Waals surface area contributed by atoms with Gasteiger partial charge >= 0.3 is 0 Å². The van der Waals surface area contributed by atoms with Crippen molar-refractivity contribution in [3.63, 3.8) is 0 Å². The minimum absolute atomic E-state index is 0.140. The zero-order chi connectivity index (χ0) is 21.7. The van der Waals surface area contributed by atoms with Gasteiger partial charge < -0.3 is 20.4 Å². The van der Waals surface area contributed by atoms with Gasteiger partial charge in [-0.05, 0) is 59.7 Å². The second-order valence-electron chi connectivity index (χ2n) is 7.20. The Hall–Kier alpha value is -1.97. The number of carbonyl (C=O) groups is 2. The second-order valence-corrected chi connectivity index (χ2v) is 9.66. The van der Waals surface area contributed by atoms with Crippen LogP contribution in [-0.2, 0) is 4.79 Å². The smallest absolute Gasteiger partial charge is 0.261 e. The van der Waals surface area contributed by atoms with Gasteiger partial charge in [-0.25, -0.2) is 4.39 Å². The monoisotopic (exact) mass is 496 g/mol. The molecule has 0 radical (unpaired) electrons. The molecule has 1 aliphatic heterocycles. The van der Waals surface area contributed by atoms with Crippen LogP contribution in [0, 0.1) is 5.82 Å². The topological polar surface area (TPSA) is 64.7 Å². The molecule has 1 saturated heterocycles. The van der Waals surface area contributed by atoms with Crippen LogP contribution in [0.15, 0.2) is 34.1 Å². The van der Waals surface area contributed by atoms with Gasteiger partial charge in [0.1, 0.15) is 5.82 Å². The van der Waals surface area contributed by atoms with E-state index < -0.39 is 0 Å². The molecule has 1 aromatic carbocycles. The summed E-state index contributed by atoms with van der Waals surface area (Å²) in [6.45, 7) is 8.49. The molecular weight excluding hydrogens is 471 g/mol. The molecule has 0 saturated carbocycles. The normalized spacial score (nSPS) is 15.7. The lowest BCUT2D eigenvalue weighted by atomic mass is 10.0. The fourth-order valence-electron chi connectivity index (χ4n) is 3.52. The van der Waals surface area contributed by atoms with E-state index in [1.165, 1.54) is 23.5 Å². The minimum Gasteiger partial charge on any atom is -0.369 e. The fraction of sp³-hybridized carbons (Fsp3) is 0.429. The predicted molar refractivity (Wildman–Crippen MR) is 122 cm³/mol. The summed E-state index contributed by atoms with van der Waals surface area (Å²) in [5.74, 6) is -0.954. The molecule has 2 amide bonds. The van der Waals surface area contributed by atoms with Gasteiger partial charge in [0.25, 0.3) is 5.91 Å². The number of thiophene rings is 1. The number of halogens is 2. The largest absolute Gasteiger partial charge is 0.369 e. The molecule has 0 bridgehead atoms. The van der Waals surface area contributed by atoms with E-state index in [2.05, 4.69) is 43.3 Å². The molecule has 3 rings (SSSR count). The third kappa shape index (κ3) is 5.80. The number of anilines is 1. The Labute approximate surface area is 188 Å². The molecule has 1 aromatic heterocycles. The van der Waals surface area contributed by atoms with E-state index in [-0.39, 0.29) is 30.2 Å². The number of nitrogens with zero attached hydrogens (tertiary/aromatic N) is 2. The highest BCUT2D eigenvalue weighted by Crippen LogP contribution is 2.28. The summed E-state index contributed by atoms with van der Waals surface area (Å²) in [5, 5.41) is 5.49. The predicted octanol–water partition coefficient (Wildman–Crippen LogP) is 3.40. The van der Waals surface area contributed by atoms with Crippen molar-refractivity contribution in [2.75, 3.05) is 44.2 Å². The van der Waals surface area contributed by atoms with Crippen LogP contribution in [-0.4, -0.2) is 56.0 Å². The first-order valence-electron chi connectivity index (χ1n) is 9.97. The number of amides is 2. The summed E-state index contributed by atoms with van der Waals surface area (Å²) in [5.41, 5.74) is 1.68. The SMILES string of the molecule is CCN1CCN(c2ccc(F)cc2C(C)NC(=O)CNC(=O)c2ccc(Br)s2)CC1. The number of hydrogen-bond acceptors (Lipinski definition) is 5. The van der Waals surface area contributed by atoms with Crippen molar-refractivity contribution < 1.29 is 14.0 Å². The number of piperazine rings is 1. The summed E-state index contributed by atoms with van der Waals surface area (Å²) in [4.78, 5) is 29.6. The molecule has 2 N–H and O–H groups in total. The molecule has 6 nitrogen and oxygen atoms in total. The van der Waals surface area contributed by atoms with Gasteiger partial charge in [0.2, 0.25) is 5.91 Å². The van der Waals surface area contributed by atoms with Crippen molar-refractivity contribution >= 4 is 44.8 Å². The van der Waals surface area contributed by atoms with Crippen molar-refractivity contribution in [2.24, 2.45) is 0 Å². The average Bonchev–Trinajstić information content (AvgIpc) is 3.18. The summed E-state index contributed by atoms with van der Waals surface area (Å²) < 4.78 is 14.8. The van der Waals surface area contributed by atoms with E-state index in [0.717, 1.165) is 47.8 Å². The highest BCUT2D eigenvalue weighted by molar-refractivity contribution is 9.11. The molecule has 2 heterocycles. The van der Waals surface area contributed by atoms with Crippen LogP contribution in [0.2, 0.25) is 0 Å². The Bertz CT molecular complexity index is 899. The maximum Gasteiger partial charge on any atom is 0.261 e. The van der Waals surface area contributed by atoms with Crippen LogP contribution in [0.4, 0.5) is 10.1 Å². The van der Waals surface area contributed by atoms with Crippen LogP contribution in [0.25, 0.3) is 0 Å². The quantitative estimate of drug-likeness (QED) is 0.616. The number of hydrogen-bond donors (Lipinski definition) is 2. The van der Waals surface area contributed by atoms with E-state index in [9.17, 15) is 14.0 Å². The first-order valence-corrected chi connectivity index (χ1v) is 11.6. The summed E-state index contributed by atoms with van der Waals surface area (Å²) in [7, 11) is 0. The Morgan fingerprint density at radius 1 is 1.20 bits per heavy atom. The van der Waals surface area contributed by atoms with Gasteiger partial charge in [0.05, 0.1) is 21.3 Å². The maximum absolute atomic E-state index is 14.0. The average molecular weight is 497 g/mol. The van der Waals surface area contributed by atoms with Crippen LogP contribution in [0.5, 0.6) is 0 Å². The molecular formula is C21H26BrFN4O2S. The van der Waals surface area contributed by atoms with Crippen molar-refractivity contribution in [1.29, 1.82) is 0 Å². The molecule has 1 fully saturated rings. The molecule has 30 heavy (non-hydrogen) atoms. The lowest BCUT2D eigenvalue weighted by Gasteiger charge is -2.37. The summed E-state index contributed by atoms with van der Waals surface area (Å²) in [6, 6.07) is 7.81. The molecule has 2 aromatic rings. The van der Waals surface area contributed by atoms with Crippen LogP contribution in [0.3, 0.4) is 0 Å². The summed E-state index contributed by atoms with van der Waals surface area (Å²) in [6.07, 6.45) is 0. The molecule has 162 valence electrons. The van der Waals surface area contributed by atoms with E-state index in [0.29, 0.717) is 4.88 Å². The molecule has 1 aliphatic rings. The molecule has 0 spiro atoms. The van der Waals surface area contributed by atoms with Gasteiger partial charge in [0, 0.05) is 37.4 Å². The molecule has 0 aliphatic carbocycles. The van der Waals surface area contributed by atoms with Crippen molar-refractivity contribution in [2.45, 2.75) is 19.9 Å². The van der Waals surface area contributed by atoms with Gasteiger partial charge in [0.15, 0.2) is 0 Å². The van der Waals surface area contributed by atoms with E-state index in [4.69, 9.17) is 0 Å². The minimum atomic E-state index is -0.389. The van der Waals surface area contributed by atoms with Crippen molar-refractivity contribution in [1.82, 2.24) is 15.5 Å². The first kappa shape index (κ1) is 22.7. The molecule has 1 atom stereocenters. The number of benzene rings is 1. The highest BCUT2D eigenvalue weighted by atomic mass is 79.9. The summed E-state index contributed by atoms with van der Waals surface area (Å²) >= 11 is 4.62. The van der Waals surface area contributed by atoms with Crippen molar-refractivity contribution in [3.8, 4) is 0 Å². The van der Waals surface area contributed by atoms with Gasteiger partial charge in [-0.15, -0.1) is 11.3 Å². The highest BCUT2D eigenvalue weighted by Gasteiger charge is 2.22. The number of nitrogens with one attached hydrogen (secondary N) is 2.